The number of imide groups is 2. The SMILES string of the molecule is CC(C)c1ccc(N2C(=O)NC(=O)/C(=C/c3ccc(-c4ccccc4[N+](=O)[O-])o3)C2=O)cc1. The van der Waals surface area contributed by atoms with E-state index in [0.717, 1.165) is 10.5 Å². The summed E-state index contributed by atoms with van der Waals surface area (Å²) in [6.45, 7) is 4.05. The van der Waals surface area contributed by atoms with Gasteiger partial charge in [0.15, 0.2) is 0 Å². The highest BCUT2D eigenvalue weighted by Gasteiger charge is 2.37. The molecule has 0 unspecified atom stereocenters. The molecule has 4 amide bonds. The van der Waals surface area contributed by atoms with Gasteiger partial charge in [-0.25, -0.2) is 9.69 Å². The number of carbonyl (C=O) groups excluding carboxylic acids is 3. The third-order valence-electron chi connectivity index (χ3n) is 5.20. The fourth-order valence-electron chi connectivity index (χ4n) is 3.46. The van der Waals surface area contributed by atoms with Crippen LogP contribution in [0, 0.1) is 10.1 Å². The van der Waals surface area contributed by atoms with E-state index in [2.05, 4.69) is 5.32 Å². The molecular weight excluding hydrogens is 426 g/mol. The van der Waals surface area contributed by atoms with Gasteiger partial charge in [-0.3, -0.25) is 25.0 Å². The second-order valence-corrected chi connectivity index (χ2v) is 7.68. The fourth-order valence-corrected chi connectivity index (χ4v) is 3.46. The van der Waals surface area contributed by atoms with Gasteiger partial charge in [0.05, 0.1) is 16.2 Å². The number of nitrogens with zero attached hydrogens (tertiary/aromatic N) is 2. The molecule has 2 heterocycles. The molecule has 1 aliphatic heterocycles. The van der Waals surface area contributed by atoms with Crippen LogP contribution in [0.1, 0.15) is 31.1 Å². The Kier molecular flexibility index (Phi) is 5.61. The van der Waals surface area contributed by atoms with E-state index >= 15 is 0 Å². The van der Waals surface area contributed by atoms with Gasteiger partial charge in [-0.1, -0.05) is 38.1 Å². The van der Waals surface area contributed by atoms with Crippen molar-refractivity contribution in [3.05, 3.63) is 87.7 Å². The summed E-state index contributed by atoms with van der Waals surface area (Å²) in [5.74, 6) is -1.05. The fraction of sp³-hybridized carbons (Fsp3) is 0.125. The molecule has 0 radical (unpaired) electrons. The van der Waals surface area contributed by atoms with E-state index in [1.54, 1.807) is 18.2 Å². The topological polar surface area (TPSA) is 123 Å². The molecule has 2 aromatic carbocycles. The summed E-state index contributed by atoms with van der Waals surface area (Å²) in [7, 11) is 0. The average molecular weight is 445 g/mol. The van der Waals surface area contributed by atoms with Crippen LogP contribution < -0.4 is 10.2 Å². The normalized spacial score (nSPS) is 15.3. The molecule has 1 aliphatic rings. The van der Waals surface area contributed by atoms with E-state index in [9.17, 15) is 24.5 Å². The molecule has 1 aromatic heterocycles. The van der Waals surface area contributed by atoms with Crippen molar-refractivity contribution >= 4 is 35.3 Å². The predicted octanol–water partition coefficient (Wildman–Crippen LogP) is 4.64. The third-order valence-corrected chi connectivity index (χ3v) is 5.20. The minimum atomic E-state index is -0.858. The first-order chi connectivity index (χ1) is 15.8. The standard InChI is InChI=1S/C24H19N3O6/c1-14(2)15-7-9-16(10-8-15)26-23(29)19(22(28)25-24(26)30)13-17-11-12-21(33-17)18-5-3-4-6-20(18)27(31)32/h3-14H,1-2H3,(H,25,28,30)/b19-13-. The maximum Gasteiger partial charge on any atom is 0.335 e. The zero-order valence-corrected chi connectivity index (χ0v) is 17.8. The van der Waals surface area contributed by atoms with Gasteiger partial charge >= 0.3 is 6.03 Å². The molecule has 3 aromatic rings. The second-order valence-electron chi connectivity index (χ2n) is 7.68. The lowest BCUT2D eigenvalue weighted by Gasteiger charge is -2.26. The number of rotatable bonds is 5. The summed E-state index contributed by atoms with van der Waals surface area (Å²) in [6, 6.07) is 15.1. The van der Waals surface area contributed by atoms with Gasteiger partial charge in [-0.2, -0.15) is 0 Å². The molecule has 1 saturated heterocycles. The minimum absolute atomic E-state index is 0.131. The van der Waals surface area contributed by atoms with Crippen LogP contribution in [0.4, 0.5) is 16.2 Å². The first-order valence-electron chi connectivity index (χ1n) is 10.1. The highest BCUT2D eigenvalue weighted by molar-refractivity contribution is 6.39. The van der Waals surface area contributed by atoms with Crippen LogP contribution >= 0.6 is 0 Å². The van der Waals surface area contributed by atoms with Crippen LogP contribution in [0.5, 0.6) is 0 Å². The number of hydrogen-bond acceptors (Lipinski definition) is 6. The quantitative estimate of drug-likeness (QED) is 0.264. The molecule has 1 N–H and O–H groups in total. The van der Waals surface area contributed by atoms with Crippen molar-refractivity contribution in [1.29, 1.82) is 0 Å². The molecule has 0 bridgehead atoms. The molecule has 9 nitrogen and oxygen atoms in total. The van der Waals surface area contributed by atoms with Crippen molar-refractivity contribution in [2.24, 2.45) is 0 Å². The number of urea groups is 1. The number of hydrogen-bond donors (Lipinski definition) is 1. The predicted molar refractivity (Wildman–Crippen MR) is 120 cm³/mol. The number of furan rings is 1. The maximum atomic E-state index is 13.0. The van der Waals surface area contributed by atoms with Crippen molar-refractivity contribution in [1.82, 2.24) is 5.32 Å². The summed E-state index contributed by atoms with van der Waals surface area (Å²) in [5.41, 5.74) is 1.17. The molecule has 0 atom stereocenters. The Balaban J connectivity index is 1.67. The zero-order valence-electron chi connectivity index (χ0n) is 17.8. The summed E-state index contributed by atoms with van der Waals surface area (Å²) < 4.78 is 5.65. The molecule has 1 fully saturated rings. The number of para-hydroxylation sites is 1. The summed E-state index contributed by atoms with van der Waals surface area (Å²) >= 11 is 0. The van der Waals surface area contributed by atoms with E-state index in [1.165, 1.54) is 36.4 Å². The van der Waals surface area contributed by atoms with Crippen LogP contribution in [0.25, 0.3) is 17.4 Å². The van der Waals surface area contributed by atoms with E-state index in [0.29, 0.717) is 5.69 Å². The second kappa shape index (κ2) is 8.54. The number of nitro benzene ring substituents is 1. The van der Waals surface area contributed by atoms with Gasteiger partial charge in [0, 0.05) is 6.07 Å². The van der Waals surface area contributed by atoms with E-state index < -0.39 is 22.8 Å². The number of nitro groups is 1. The summed E-state index contributed by atoms with van der Waals surface area (Å²) in [5, 5.41) is 13.4. The molecule has 4 rings (SSSR count). The lowest BCUT2D eigenvalue weighted by molar-refractivity contribution is -0.384. The average Bonchev–Trinajstić information content (AvgIpc) is 3.25. The van der Waals surface area contributed by atoms with Gasteiger partial charge in [0.25, 0.3) is 17.5 Å². The number of anilines is 1. The summed E-state index contributed by atoms with van der Waals surface area (Å²) in [4.78, 5) is 49.4. The lowest BCUT2D eigenvalue weighted by atomic mass is 10.0. The van der Waals surface area contributed by atoms with Crippen LogP contribution in [0.3, 0.4) is 0 Å². The Morgan fingerprint density at radius 2 is 1.70 bits per heavy atom. The Hall–Kier alpha value is -4.53. The van der Waals surface area contributed by atoms with Crippen LogP contribution in [0.2, 0.25) is 0 Å². The zero-order chi connectivity index (χ0) is 23.7. The highest BCUT2D eigenvalue weighted by atomic mass is 16.6. The van der Waals surface area contributed by atoms with Gasteiger partial charge < -0.3 is 4.42 Å². The van der Waals surface area contributed by atoms with Crippen molar-refractivity contribution in [3.63, 3.8) is 0 Å². The Bertz CT molecular complexity index is 1300. The van der Waals surface area contributed by atoms with E-state index in [1.807, 2.05) is 26.0 Å². The molecule has 166 valence electrons. The van der Waals surface area contributed by atoms with Crippen molar-refractivity contribution in [2.75, 3.05) is 4.90 Å². The minimum Gasteiger partial charge on any atom is -0.456 e. The lowest BCUT2D eigenvalue weighted by Crippen LogP contribution is -2.54. The number of nitrogens with one attached hydrogen (secondary N) is 1. The van der Waals surface area contributed by atoms with Crippen molar-refractivity contribution < 1.29 is 23.7 Å². The number of amides is 4. The van der Waals surface area contributed by atoms with Gasteiger partial charge in [-0.15, -0.1) is 0 Å². The Labute approximate surface area is 188 Å². The van der Waals surface area contributed by atoms with Gasteiger partial charge in [-0.05, 0) is 47.9 Å². The van der Waals surface area contributed by atoms with Crippen molar-refractivity contribution in [3.8, 4) is 11.3 Å². The molecule has 9 heteroatoms. The van der Waals surface area contributed by atoms with E-state index in [-0.39, 0.29) is 34.3 Å². The van der Waals surface area contributed by atoms with Crippen molar-refractivity contribution in [2.45, 2.75) is 19.8 Å². The van der Waals surface area contributed by atoms with Gasteiger partial charge in [0.2, 0.25) is 0 Å². The number of benzene rings is 2. The largest absolute Gasteiger partial charge is 0.456 e. The molecule has 0 saturated carbocycles. The van der Waals surface area contributed by atoms with Crippen LogP contribution in [-0.2, 0) is 9.59 Å². The molecule has 33 heavy (non-hydrogen) atoms. The molecule has 0 spiro atoms. The molecular formula is C24H19N3O6. The first kappa shape index (κ1) is 21.7. The third kappa shape index (κ3) is 4.16. The molecule has 0 aliphatic carbocycles. The van der Waals surface area contributed by atoms with Gasteiger partial charge in [0.1, 0.15) is 17.1 Å². The van der Waals surface area contributed by atoms with Crippen LogP contribution in [-0.4, -0.2) is 22.8 Å². The summed E-state index contributed by atoms with van der Waals surface area (Å²) in [6.07, 6.45) is 1.21. The Morgan fingerprint density at radius 1 is 1.00 bits per heavy atom. The first-order valence-corrected chi connectivity index (χ1v) is 10.1. The number of carbonyl (C=O) groups is 3. The smallest absolute Gasteiger partial charge is 0.335 e. The monoisotopic (exact) mass is 445 g/mol. The number of barbiturate groups is 1. The maximum absolute atomic E-state index is 13.0. The van der Waals surface area contributed by atoms with Crippen LogP contribution in [0.15, 0.2) is 70.7 Å². The highest BCUT2D eigenvalue weighted by Crippen LogP contribution is 2.32. The van der Waals surface area contributed by atoms with E-state index in [4.69, 9.17) is 4.42 Å². The Morgan fingerprint density at radius 3 is 2.36 bits per heavy atom.